The zero-order chi connectivity index (χ0) is 15.2. The Labute approximate surface area is 129 Å². The number of carbonyl (C=O) groups is 2. The first-order valence-corrected chi connectivity index (χ1v) is 6.91. The number of hydrogen-bond donors (Lipinski definition) is 2. The van der Waals surface area contributed by atoms with Gasteiger partial charge < -0.3 is 9.15 Å². The molecule has 0 spiro atoms. The van der Waals surface area contributed by atoms with Crippen LogP contribution in [0.25, 0.3) is 0 Å². The molecule has 0 fully saturated rings. The van der Waals surface area contributed by atoms with Crippen molar-refractivity contribution in [2.24, 2.45) is 0 Å². The third-order valence-corrected chi connectivity index (χ3v) is 3.02. The molecule has 2 N–H and O–H groups in total. The van der Waals surface area contributed by atoms with Crippen LogP contribution < -0.4 is 15.6 Å². The standard InChI is InChI=1S/C14H13BrN2O4/c1-9(21-11-5-2-4-10(15)8-11)13(18)16-17-14(19)12-6-3-7-20-12/h2-9H,1H3,(H,16,18)(H,17,19). The normalized spacial score (nSPS) is 11.5. The third-order valence-electron chi connectivity index (χ3n) is 2.52. The van der Waals surface area contributed by atoms with E-state index in [-0.39, 0.29) is 5.76 Å². The van der Waals surface area contributed by atoms with E-state index in [0.29, 0.717) is 5.75 Å². The molecule has 1 atom stereocenters. The molecule has 2 aromatic rings. The highest BCUT2D eigenvalue weighted by Crippen LogP contribution is 2.18. The van der Waals surface area contributed by atoms with Crippen LogP contribution in [-0.2, 0) is 4.79 Å². The summed E-state index contributed by atoms with van der Waals surface area (Å²) in [6.45, 7) is 1.58. The lowest BCUT2D eigenvalue weighted by molar-refractivity contribution is -0.128. The second kappa shape index (κ2) is 6.94. The van der Waals surface area contributed by atoms with Gasteiger partial charge in [0.25, 0.3) is 5.91 Å². The Bertz CT molecular complexity index is 628. The number of hydrazine groups is 1. The summed E-state index contributed by atoms with van der Waals surface area (Å²) in [7, 11) is 0. The molecule has 2 rings (SSSR count). The van der Waals surface area contributed by atoms with Crippen molar-refractivity contribution in [3.63, 3.8) is 0 Å². The van der Waals surface area contributed by atoms with Gasteiger partial charge in [0, 0.05) is 4.47 Å². The van der Waals surface area contributed by atoms with Crippen LogP contribution >= 0.6 is 15.9 Å². The first-order chi connectivity index (χ1) is 10.1. The van der Waals surface area contributed by atoms with Crippen LogP contribution in [0.3, 0.4) is 0 Å². The molecular formula is C14H13BrN2O4. The maximum atomic E-state index is 11.8. The minimum Gasteiger partial charge on any atom is -0.481 e. The van der Waals surface area contributed by atoms with Crippen molar-refractivity contribution < 1.29 is 18.7 Å². The molecule has 6 nitrogen and oxygen atoms in total. The number of halogens is 1. The molecule has 1 unspecified atom stereocenters. The Hall–Kier alpha value is -2.28. The van der Waals surface area contributed by atoms with Crippen molar-refractivity contribution in [2.75, 3.05) is 0 Å². The SMILES string of the molecule is CC(Oc1cccc(Br)c1)C(=O)NNC(=O)c1ccco1. The number of ether oxygens (including phenoxy) is 1. The van der Waals surface area contributed by atoms with Crippen molar-refractivity contribution in [2.45, 2.75) is 13.0 Å². The topological polar surface area (TPSA) is 80.6 Å². The molecule has 1 heterocycles. The van der Waals surface area contributed by atoms with Gasteiger partial charge in [0.05, 0.1) is 6.26 Å². The Kier molecular flexibility index (Phi) is 4.99. The predicted molar refractivity (Wildman–Crippen MR) is 78.5 cm³/mol. The molecule has 0 aliphatic rings. The lowest BCUT2D eigenvalue weighted by Gasteiger charge is -2.14. The minimum atomic E-state index is -0.767. The highest BCUT2D eigenvalue weighted by atomic mass is 79.9. The fourth-order valence-electron chi connectivity index (χ4n) is 1.49. The molecule has 0 radical (unpaired) electrons. The van der Waals surface area contributed by atoms with E-state index in [2.05, 4.69) is 26.8 Å². The van der Waals surface area contributed by atoms with Crippen LogP contribution in [0.1, 0.15) is 17.5 Å². The van der Waals surface area contributed by atoms with Gasteiger partial charge in [0.15, 0.2) is 11.9 Å². The second-order valence-electron chi connectivity index (χ2n) is 4.14. The molecule has 0 aliphatic carbocycles. The van der Waals surface area contributed by atoms with Gasteiger partial charge in [0.2, 0.25) is 0 Å². The van der Waals surface area contributed by atoms with Gasteiger partial charge in [-0.2, -0.15) is 0 Å². The summed E-state index contributed by atoms with van der Waals surface area (Å²) < 4.78 is 11.2. The molecular weight excluding hydrogens is 340 g/mol. The van der Waals surface area contributed by atoms with Crippen LogP contribution in [-0.4, -0.2) is 17.9 Å². The van der Waals surface area contributed by atoms with E-state index >= 15 is 0 Å². The molecule has 1 aromatic heterocycles. The average molecular weight is 353 g/mol. The zero-order valence-electron chi connectivity index (χ0n) is 11.1. The molecule has 0 bridgehead atoms. The molecule has 0 saturated carbocycles. The molecule has 2 amide bonds. The number of rotatable bonds is 4. The lowest BCUT2D eigenvalue weighted by atomic mass is 10.3. The van der Waals surface area contributed by atoms with Crippen molar-refractivity contribution >= 4 is 27.7 Å². The number of furan rings is 1. The Balaban J connectivity index is 1.84. The Morgan fingerprint density at radius 1 is 1.24 bits per heavy atom. The molecule has 21 heavy (non-hydrogen) atoms. The summed E-state index contributed by atoms with van der Waals surface area (Å²) in [6, 6.07) is 10.2. The molecule has 0 saturated heterocycles. The maximum absolute atomic E-state index is 11.8. The highest BCUT2D eigenvalue weighted by molar-refractivity contribution is 9.10. The summed E-state index contributed by atoms with van der Waals surface area (Å²) in [5, 5.41) is 0. The summed E-state index contributed by atoms with van der Waals surface area (Å²) >= 11 is 3.31. The second-order valence-corrected chi connectivity index (χ2v) is 5.05. The molecule has 0 aliphatic heterocycles. The monoisotopic (exact) mass is 352 g/mol. The van der Waals surface area contributed by atoms with Crippen molar-refractivity contribution in [1.82, 2.24) is 10.9 Å². The summed E-state index contributed by atoms with van der Waals surface area (Å²) in [5.41, 5.74) is 4.51. The van der Waals surface area contributed by atoms with Gasteiger partial charge in [-0.05, 0) is 37.3 Å². The number of amides is 2. The van der Waals surface area contributed by atoms with Crippen LogP contribution in [0, 0.1) is 0 Å². The number of carbonyl (C=O) groups excluding carboxylic acids is 2. The molecule has 110 valence electrons. The quantitative estimate of drug-likeness (QED) is 0.827. The number of nitrogens with one attached hydrogen (secondary N) is 2. The summed E-state index contributed by atoms with van der Waals surface area (Å²) in [6.07, 6.45) is 0.603. The van der Waals surface area contributed by atoms with Crippen LogP contribution in [0.15, 0.2) is 51.6 Å². The largest absolute Gasteiger partial charge is 0.481 e. The van der Waals surface area contributed by atoms with E-state index in [1.165, 1.54) is 12.3 Å². The highest BCUT2D eigenvalue weighted by Gasteiger charge is 2.16. The lowest BCUT2D eigenvalue weighted by Crippen LogP contribution is -2.47. The molecule has 1 aromatic carbocycles. The number of benzene rings is 1. The third kappa shape index (κ3) is 4.35. The van der Waals surface area contributed by atoms with Gasteiger partial charge in [-0.25, -0.2) is 0 Å². The van der Waals surface area contributed by atoms with Crippen LogP contribution in [0.5, 0.6) is 5.75 Å². The first-order valence-electron chi connectivity index (χ1n) is 6.12. The average Bonchev–Trinajstić information content (AvgIpc) is 2.98. The number of hydrogen-bond acceptors (Lipinski definition) is 4. The zero-order valence-corrected chi connectivity index (χ0v) is 12.7. The fraction of sp³-hybridized carbons (Fsp3) is 0.143. The summed E-state index contributed by atoms with van der Waals surface area (Å²) in [5.74, 6) is -0.363. The van der Waals surface area contributed by atoms with Crippen LogP contribution in [0.4, 0.5) is 0 Å². The van der Waals surface area contributed by atoms with Crippen LogP contribution in [0.2, 0.25) is 0 Å². The van der Waals surface area contributed by atoms with Gasteiger partial charge in [-0.3, -0.25) is 20.4 Å². The van der Waals surface area contributed by atoms with E-state index in [4.69, 9.17) is 9.15 Å². The van der Waals surface area contributed by atoms with Gasteiger partial charge >= 0.3 is 5.91 Å². The van der Waals surface area contributed by atoms with E-state index in [1.54, 1.807) is 31.2 Å². The van der Waals surface area contributed by atoms with E-state index in [9.17, 15) is 9.59 Å². The van der Waals surface area contributed by atoms with Gasteiger partial charge in [0.1, 0.15) is 5.75 Å². The minimum absolute atomic E-state index is 0.107. The van der Waals surface area contributed by atoms with Crippen molar-refractivity contribution in [3.05, 3.63) is 52.9 Å². The van der Waals surface area contributed by atoms with Gasteiger partial charge in [-0.15, -0.1) is 0 Å². The Morgan fingerprint density at radius 3 is 2.71 bits per heavy atom. The first kappa shape index (κ1) is 15.1. The fourth-order valence-corrected chi connectivity index (χ4v) is 1.87. The maximum Gasteiger partial charge on any atom is 0.305 e. The van der Waals surface area contributed by atoms with E-state index in [0.717, 1.165) is 4.47 Å². The van der Waals surface area contributed by atoms with E-state index in [1.807, 2.05) is 6.07 Å². The summed E-state index contributed by atoms with van der Waals surface area (Å²) in [4.78, 5) is 23.4. The predicted octanol–water partition coefficient (Wildman–Crippen LogP) is 2.27. The smallest absolute Gasteiger partial charge is 0.305 e. The molecule has 7 heteroatoms. The Morgan fingerprint density at radius 2 is 2.05 bits per heavy atom. The van der Waals surface area contributed by atoms with Crippen molar-refractivity contribution in [3.8, 4) is 5.75 Å². The van der Waals surface area contributed by atoms with E-state index < -0.39 is 17.9 Å². The van der Waals surface area contributed by atoms with Gasteiger partial charge in [-0.1, -0.05) is 22.0 Å². The van der Waals surface area contributed by atoms with Crippen molar-refractivity contribution in [1.29, 1.82) is 0 Å².